The Labute approximate surface area is 164 Å². The Morgan fingerprint density at radius 3 is 2.32 bits per heavy atom. The molecule has 0 radical (unpaired) electrons. The largest absolute Gasteiger partial charge is 0.444 e. The molecule has 156 valence electrons. The summed E-state index contributed by atoms with van der Waals surface area (Å²) in [6, 6.07) is -1.19. The molecular weight excluding hydrogens is 364 g/mol. The number of rotatable bonds is 2. The van der Waals surface area contributed by atoms with Crippen LogP contribution in [0.3, 0.4) is 0 Å². The normalized spacial score (nSPS) is 34.6. The molecule has 4 amide bonds. The number of hydroxylamine groups is 2. The molecule has 4 fully saturated rings. The van der Waals surface area contributed by atoms with Crippen LogP contribution >= 0.6 is 0 Å². The second-order valence-electron chi connectivity index (χ2n) is 9.54. The number of likely N-dealkylation sites (tertiary alicyclic amines) is 1. The van der Waals surface area contributed by atoms with Gasteiger partial charge in [-0.15, -0.1) is 0 Å². The van der Waals surface area contributed by atoms with Crippen LogP contribution in [0.5, 0.6) is 0 Å². The molecule has 4 atom stereocenters. The van der Waals surface area contributed by atoms with Crippen LogP contribution in [-0.4, -0.2) is 81.5 Å². The first-order chi connectivity index (χ1) is 13.1. The van der Waals surface area contributed by atoms with Gasteiger partial charge in [-0.3, -0.25) is 10.0 Å². The van der Waals surface area contributed by atoms with Crippen LogP contribution in [-0.2, 0) is 9.53 Å². The number of amides is 4. The molecule has 3 aliphatic heterocycles. The second kappa shape index (κ2) is 6.79. The second-order valence-corrected chi connectivity index (χ2v) is 9.54. The molecule has 0 aromatic rings. The number of hydrogen-bond acceptors (Lipinski definition) is 5. The van der Waals surface area contributed by atoms with Crippen molar-refractivity contribution in [2.24, 2.45) is 11.8 Å². The third-order valence-electron chi connectivity index (χ3n) is 6.44. The van der Waals surface area contributed by atoms with Gasteiger partial charge in [0, 0.05) is 25.7 Å². The van der Waals surface area contributed by atoms with Gasteiger partial charge in [0.1, 0.15) is 11.6 Å². The highest BCUT2D eigenvalue weighted by Gasteiger charge is 2.49. The van der Waals surface area contributed by atoms with E-state index >= 15 is 0 Å². The van der Waals surface area contributed by atoms with E-state index in [1.54, 1.807) is 4.90 Å². The van der Waals surface area contributed by atoms with Gasteiger partial charge >= 0.3 is 12.1 Å². The quantitative estimate of drug-likeness (QED) is 0.690. The highest BCUT2D eigenvalue weighted by atomic mass is 16.6. The molecule has 0 aromatic heterocycles. The first-order valence-electron chi connectivity index (χ1n) is 10.2. The lowest BCUT2D eigenvalue weighted by Crippen LogP contribution is -2.58. The number of piperidine rings is 2. The minimum absolute atomic E-state index is 0.0202. The Bertz CT molecular complexity index is 664. The SMILES string of the molecule is CC(C)(C)OC(=O)N1CC2CCC(C1)C2NC(=O)[C@@H]1CC[C@@H]2CN1C(=O)N2O. The number of ether oxygens (including phenoxy) is 1. The molecular formula is C19H30N4O5. The van der Waals surface area contributed by atoms with Crippen molar-refractivity contribution in [3.63, 3.8) is 0 Å². The molecule has 1 aliphatic carbocycles. The van der Waals surface area contributed by atoms with Crippen molar-refractivity contribution >= 4 is 18.0 Å². The van der Waals surface area contributed by atoms with Crippen molar-refractivity contribution < 1.29 is 24.3 Å². The van der Waals surface area contributed by atoms with E-state index in [9.17, 15) is 19.6 Å². The lowest BCUT2D eigenvalue weighted by atomic mass is 9.91. The number of carbonyl (C=O) groups is 3. The Kier molecular flexibility index (Phi) is 4.68. The predicted molar refractivity (Wildman–Crippen MR) is 98.5 cm³/mol. The van der Waals surface area contributed by atoms with Gasteiger partial charge in [0.2, 0.25) is 5.91 Å². The van der Waals surface area contributed by atoms with Crippen molar-refractivity contribution in [2.45, 2.75) is 70.2 Å². The smallest absolute Gasteiger partial charge is 0.410 e. The average molecular weight is 394 g/mol. The summed E-state index contributed by atoms with van der Waals surface area (Å²) in [5, 5.41) is 13.7. The van der Waals surface area contributed by atoms with Gasteiger partial charge < -0.3 is 19.9 Å². The Hall–Kier alpha value is -2.03. The third kappa shape index (κ3) is 3.40. The van der Waals surface area contributed by atoms with Crippen LogP contribution in [0.15, 0.2) is 0 Å². The lowest BCUT2D eigenvalue weighted by molar-refractivity contribution is -0.127. The monoisotopic (exact) mass is 394 g/mol. The summed E-state index contributed by atoms with van der Waals surface area (Å²) in [6.45, 7) is 7.13. The Balaban J connectivity index is 1.37. The molecule has 3 saturated heterocycles. The maximum Gasteiger partial charge on any atom is 0.410 e. The fourth-order valence-corrected chi connectivity index (χ4v) is 5.12. The van der Waals surface area contributed by atoms with E-state index in [0.717, 1.165) is 17.9 Å². The number of carbonyl (C=O) groups excluding carboxylic acids is 3. The van der Waals surface area contributed by atoms with Gasteiger partial charge in [-0.25, -0.2) is 14.7 Å². The molecule has 1 saturated carbocycles. The maximum absolute atomic E-state index is 12.9. The minimum Gasteiger partial charge on any atom is -0.444 e. The first kappa shape index (κ1) is 19.3. The van der Waals surface area contributed by atoms with Gasteiger partial charge in [0.25, 0.3) is 0 Å². The van der Waals surface area contributed by atoms with Crippen LogP contribution in [0.25, 0.3) is 0 Å². The van der Waals surface area contributed by atoms with E-state index in [4.69, 9.17) is 4.74 Å². The zero-order chi connectivity index (χ0) is 20.2. The molecule has 4 rings (SSSR count). The molecule has 9 nitrogen and oxygen atoms in total. The van der Waals surface area contributed by atoms with E-state index in [-0.39, 0.29) is 35.9 Å². The molecule has 4 aliphatic rings. The van der Waals surface area contributed by atoms with Crippen LogP contribution in [0, 0.1) is 11.8 Å². The van der Waals surface area contributed by atoms with Crippen LogP contribution < -0.4 is 5.32 Å². The van der Waals surface area contributed by atoms with Gasteiger partial charge in [-0.1, -0.05) is 0 Å². The molecule has 0 aromatic carbocycles. The topological polar surface area (TPSA) is 102 Å². The van der Waals surface area contributed by atoms with E-state index in [1.165, 1.54) is 4.90 Å². The van der Waals surface area contributed by atoms with E-state index in [1.807, 2.05) is 20.8 Å². The highest BCUT2D eigenvalue weighted by Crippen LogP contribution is 2.38. The van der Waals surface area contributed by atoms with Crippen molar-refractivity contribution in [2.75, 3.05) is 19.6 Å². The summed E-state index contributed by atoms with van der Waals surface area (Å²) in [7, 11) is 0. The molecule has 9 heteroatoms. The lowest BCUT2D eigenvalue weighted by Gasteiger charge is -2.40. The Morgan fingerprint density at radius 2 is 1.71 bits per heavy atom. The average Bonchev–Trinajstić information content (AvgIpc) is 2.97. The minimum atomic E-state index is -0.525. The van der Waals surface area contributed by atoms with Crippen molar-refractivity contribution in [1.82, 2.24) is 20.2 Å². The fraction of sp³-hybridized carbons (Fsp3) is 0.842. The standard InChI is InChI=1S/C19H30N4O5/c1-19(2,3)28-18(26)21-8-11-4-5-12(9-21)15(11)20-16(24)14-7-6-13-10-22(14)17(25)23(13)27/h11-15,27H,4-10H2,1-3H3,(H,20,24)/t11?,12?,13-,14+,15?/m1/s1. The zero-order valence-electron chi connectivity index (χ0n) is 16.8. The van der Waals surface area contributed by atoms with E-state index < -0.39 is 17.7 Å². The van der Waals surface area contributed by atoms with Gasteiger partial charge in [-0.2, -0.15) is 0 Å². The number of urea groups is 1. The summed E-state index contributed by atoms with van der Waals surface area (Å²) in [5.41, 5.74) is -0.525. The molecule has 3 heterocycles. The number of nitrogens with one attached hydrogen (secondary N) is 1. The van der Waals surface area contributed by atoms with Crippen molar-refractivity contribution in [1.29, 1.82) is 0 Å². The van der Waals surface area contributed by atoms with E-state index in [2.05, 4.69) is 5.32 Å². The van der Waals surface area contributed by atoms with E-state index in [0.29, 0.717) is 32.5 Å². The number of fused-ring (bicyclic) bond motifs is 4. The van der Waals surface area contributed by atoms with Gasteiger partial charge in [0.05, 0.1) is 6.04 Å². The number of nitrogens with zero attached hydrogens (tertiary/aromatic N) is 3. The highest BCUT2D eigenvalue weighted by molar-refractivity contribution is 5.88. The van der Waals surface area contributed by atoms with Gasteiger partial charge in [-0.05, 0) is 58.3 Å². The fourth-order valence-electron chi connectivity index (χ4n) is 5.12. The van der Waals surface area contributed by atoms with Crippen LogP contribution in [0.4, 0.5) is 9.59 Å². The third-order valence-corrected chi connectivity index (χ3v) is 6.44. The zero-order valence-corrected chi connectivity index (χ0v) is 16.8. The maximum atomic E-state index is 12.9. The summed E-state index contributed by atoms with van der Waals surface area (Å²) in [6.07, 6.45) is 2.83. The molecule has 28 heavy (non-hydrogen) atoms. The first-order valence-corrected chi connectivity index (χ1v) is 10.2. The number of hydrogen-bond donors (Lipinski definition) is 2. The van der Waals surface area contributed by atoms with Crippen molar-refractivity contribution in [3.05, 3.63) is 0 Å². The molecule has 2 N–H and O–H groups in total. The molecule has 2 unspecified atom stereocenters. The molecule has 4 bridgehead atoms. The molecule has 0 spiro atoms. The van der Waals surface area contributed by atoms with Crippen LogP contribution in [0.2, 0.25) is 0 Å². The Morgan fingerprint density at radius 1 is 1.07 bits per heavy atom. The summed E-state index contributed by atoms with van der Waals surface area (Å²) >= 11 is 0. The predicted octanol–water partition coefficient (Wildman–Crippen LogP) is 1.41. The summed E-state index contributed by atoms with van der Waals surface area (Å²) in [4.78, 5) is 40.7. The van der Waals surface area contributed by atoms with Crippen molar-refractivity contribution in [3.8, 4) is 0 Å². The van der Waals surface area contributed by atoms with Gasteiger partial charge in [0.15, 0.2) is 0 Å². The van der Waals surface area contributed by atoms with Crippen LogP contribution in [0.1, 0.15) is 46.5 Å². The summed E-state index contributed by atoms with van der Waals surface area (Å²) in [5.74, 6) is 0.264. The summed E-state index contributed by atoms with van der Waals surface area (Å²) < 4.78 is 5.50.